The summed E-state index contributed by atoms with van der Waals surface area (Å²) < 4.78 is 34.1. The van der Waals surface area contributed by atoms with Crippen molar-refractivity contribution in [3.05, 3.63) is 0 Å². The van der Waals surface area contributed by atoms with Gasteiger partial charge < -0.3 is 14.2 Å². The first-order chi connectivity index (χ1) is 3.00. The van der Waals surface area contributed by atoms with Crippen LogP contribution in [0.15, 0.2) is 0 Å². The Morgan fingerprint density at radius 2 is 1.25 bits per heavy atom. The molecule has 7 heteroatoms. The Balaban J connectivity index is -0.0000000750. The fraction of sp³-hybridized carbons (Fsp3) is 1.00. The molecule has 0 spiro atoms. The summed E-state index contributed by atoms with van der Waals surface area (Å²) in [7, 11) is -4.17. The molecule has 0 aromatic carbocycles. The van der Waals surface area contributed by atoms with Crippen molar-refractivity contribution in [2.75, 3.05) is 7.11 Å². The number of hydrogen-bond acceptors (Lipinski definition) is 5. The van der Waals surface area contributed by atoms with Crippen molar-refractivity contribution in [1.29, 1.82) is 0 Å². The molecule has 0 aromatic rings. The Morgan fingerprint density at radius 1 is 1.25 bits per heavy atom. The predicted molar refractivity (Wildman–Crippen MR) is 18.6 cm³/mol. The van der Waals surface area contributed by atoms with Crippen molar-refractivity contribution >= 4 is 10.4 Å². The van der Waals surface area contributed by atoms with Gasteiger partial charge in [0.15, 0.2) is 0 Å². The molecule has 0 radical (unpaired) electrons. The summed E-state index contributed by atoms with van der Waals surface area (Å²) in [6, 6.07) is 0. The second-order valence-corrected chi connectivity index (χ2v) is 1.22. The zero-order valence-corrected chi connectivity index (χ0v) is 5.76. The third-order valence-corrected chi connectivity index (χ3v) is 0. The van der Waals surface area contributed by atoms with Crippen molar-refractivity contribution < 1.29 is 39.7 Å². The molecule has 0 atom stereocenters. The van der Waals surface area contributed by atoms with E-state index in [9.17, 15) is 0 Å². The van der Waals surface area contributed by atoms with Crippen LogP contribution in [0.3, 0.4) is 0 Å². The molecule has 0 amide bonds. The second kappa shape index (κ2) is 7.35. The maximum absolute atomic E-state index is 8.52. The maximum atomic E-state index is 8.52. The van der Waals surface area contributed by atoms with Crippen LogP contribution in [0.1, 0.15) is 0 Å². The van der Waals surface area contributed by atoms with E-state index in [4.69, 9.17) is 22.6 Å². The van der Waals surface area contributed by atoms with E-state index in [1.807, 2.05) is 0 Å². The van der Waals surface area contributed by atoms with E-state index in [0.717, 1.165) is 7.11 Å². The molecule has 0 aliphatic carbocycles. The molecular weight excluding hydrogens is 180 g/mol. The molecule has 0 saturated heterocycles. The first-order valence-electron chi connectivity index (χ1n) is 1.11. The van der Waals surface area contributed by atoms with Gasteiger partial charge in [-0.2, -0.15) is 0 Å². The average molecular weight is 184 g/mol. The summed E-state index contributed by atoms with van der Waals surface area (Å²) in [4.78, 5) is 0. The quantitative estimate of drug-likeness (QED) is 0.273. The van der Waals surface area contributed by atoms with E-state index in [-0.39, 0.29) is 17.1 Å². The normalized spacial score (nSPS) is 8.00. The molecule has 0 aromatic heterocycles. The smallest absolute Gasteiger partial charge is 0.759 e. The fourth-order valence-corrected chi connectivity index (χ4v) is 0. The van der Waals surface area contributed by atoms with Crippen LogP contribution in [0.4, 0.5) is 0 Å². The summed E-state index contributed by atoms with van der Waals surface area (Å²) in [6.07, 6.45) is 0. The first-order valence-corrected chi connectivity index (χ1v) is 2.45. The van der Waals surface area contributed by atoms with Crippen LogP contribution in [0.5, 0.6) is 0 Å². The minimum Gasteiger partial charge on any atom is -0.759 e. The van der Waals surface area contributed by atoms with Gasteiger partial charge in [-0.25, -0.2) is 0 Å². The zero-order chi connectivity index (χ0) is 6.50. The number of rotatable bonds is 0. The standard InChI is InChI=1S/CH4O.Fe.H2O4S/c1-2;;1-5(2,3)4/h2H,1H3;;(H2,1,2,3,4)/q;+2;/p-2. The predicted octanol–water partition coefficient (Wildman–Crippen LogP) is -1.73. The largest absolute Gasteiger partial charge is 2.00 e. The zero-order valence-electron chi connectivity index (χ0n) is 3.84. The summed E-state index contributed by atoms with van der Waals surface area (Å²) in [5.41, 5.74) is 0. The van der Waals surface area contributed by atoms with Crippen molar-refractivity contribution in [2.24, 2.45) is 0 Å². The molecule has 0 rings (SSSR count). The van der Waals surface area contributed by atoms with Gasteiger partial charge in [0, 0.05) is 17.5 Å². The monoisotopic (exact) mass is 184 g/mol. The Hall–Kier alpha value is 0.349. The summed E-state index contributed by atoms with van der Waals surface area (Å²) in [5.74, 6) is 0. The van der Waals surface area contributed by atoms with Crippen LogP contribution in [-0.2, 0) is 27.5 Å². The van der Waals surface area contributed by atoms with Gasteiger partial charge in [0.2, 0.25) is 0 Å². The van der Waals surface area contributed by atoms with E-state index in [1.54, 1.807) is 0 Å². The van der Waals surface area contributed by atoms with Crippen LogP contribution in [-0.4, -0.2) is 29.7 Å². The molecule has 0 saturated carbocycles. The van der Waals surface area contributed by atoms with Gasteiger partial charge >= 0.3 is 17.1 Å². The van der Waals surface area contributed by atoms with Crippen LogP contribution in [0.2, 0.25) is 0 Å². The van der Waals surface area contributed by atoms with E-state index in [0.29, 0.717) is 0 Å². The van der Waals surface area contributed by atoms with Crippen LogP contribution in [0, 0.1) is 0 Å². The van der Waals surface area contributed by atoms with Gasteiger partial charge in [-0.1, -0.05) is 0 Å². The summed E-state index contributed by atoms with van der Waals surface area (Å²) in [5, 5.41) is 7.00. The van der Waals surface area contributed by atoms with Gasteiger partial charge in [0.05, 0.1) is 0 Å². The summed E-state index contributed by atoms with van der Waals surface area (Å²) >= 11 is 0. The number of hydrogen-bond donors (Lipinski definition) is 1. The minimum absolute atomic E-state index is 0. The number of aliphatic hydroxyl groups is 1. The molecule has 8 heavy (non-hydrogen) atoms. The molecule has 5 nitrogen and oxygen atoms in total. The average Bonchev–Trinajstić information content (AvgIpc) is 1.36. The Kier molecular flexibility index (Phi) is 14.5. The maximum Gasteiger partial charge on any atom is 2.00 e. The third-order valence-electron chi connectivity index (χ3n) is 0. The minimum atomic E-state index is -5.17. The van der Waals surface area contributed by atoms with Crippen LogP contribution in [0.25, 0.3) is 0 Å². The van der Waals surface area contributed by atoms with Gasteiger partial charge in [-0.3, -0.25) is 8.42 Å². The molecule has 1 N–H and O–H groups in total. The topological polar surface area (TPSA) is 100 Å². The van der Waals surface area contributed by atoms with Gasteiger partial charge in [0.1, 0.15) is 0 Å². The molecular formula is CH4FeO5S. The Labute approximate surface area is 57.8 Å². The molecule has 0 aliphatic rings. The van der Waals surface area contributed by atoms with Gasteiger partial charge in [0.25, 0.3) is 0 Å². The Morgan fingerprint density at radius 3 is 1.25 bits per heavy atom. The third kappa shape index (κ3) is 1490. The molecule has 0 aliphatic heterocycles. The summed E-state index contributed by atoms with van der Waals surface area (Å²) in [6.45, 7) is 0. The van der Waals surface area contributed by atoms with Gasteiger partial charge in [-0.15, -0.1) is 0 Å². The molecule has 0 bridgehead atoms. The van der Waals surface area contributed by atoms with Crippen molar-refractivity contribution in [3.8, 4) is 0 Å². The fourth-order valence-electron chi connectivity index (χ4n) is 0. The molecule has 52 valence electrons. The van der Waals surface area contributed by atoms with Crippen LogP contribution >= 0.6 is 0 Å². The molecule has 0 heterocycles. The van der Waals surface area contributed by atoms with E-state index < -0.39 is 10.4 Å². The van der Waals surface area contributed by atoms with E-state index in [2.05, 4.69) is 0 Å². The van der Waals surface area contributed by atoms with Crippen molar-refractivity contribution in [2.45, 2.75) is 0 Å². The SMILES string of the molecule is CO.O=S(=O)([O-])[O-].[Fe+2]. The van der Waals surface area contributed by atoms with Crippen molar-refractivity contribution in [1.82, 2.24) is 0 Å². The number of aliphatic hydroxyl groups excluding tert-OH is 1. The molecule has 0 unspecified atom stereocenters. The van der Waals surface area contributed by atoms with Crippen molar-refractivity contribution in [3.63, 3.8) is 0 Å². The first kappa shape index (κ1) is 15.8. The van der Waals surface area contributed by atoms with E-state index in [1.165, 1.54) is 0 Å². The van der Waals surface area contributed by atoms with Gasteiger partial charge in [-0.05, 0) is 0 Å². The second-order valence-electron chi connectivity index (χ2n) is 0.408. The molecule has 0 fully saturated rings. The van der Waals surface area contributed by atoms with Crippen LogP contribution < -0.4 is 0 Å². The van der Waals surface area contributed by atoms with E-state index >= 15 is 0 Å². The Bertz CT molecular complexity index is 95.6.